The minimum atomic E-state index is -0.360. The highest BCUT2D eigenvalue weighted by atomic mass is 16.5. The van der Waals surface area contributed by atoms with Gasteiger partial charge in [-0.25, -0.2) is 9.98 Å². The maximum Gasteiger partial charge on any atom is 0.227 e. The third kappa shape index (κ3) is 4.92. The average molecular weight is 439 g/mol. The number of piperidine rings is 1. The third-order valence-corrected chi connectivity index (χ3v) is 6.68. The largest absolute Gasteiger partial charge is 0.389 e. The summed E-state index contributed by atoms with van der Waals surface area (Å²) in [6.07, 6.45) is 5.29. The standard InChI is InChI=1S/C24H34N6O2/c1-5-25-24(28-21-13-26-29(4)17(21)3)27-19-7-6-16(2)20(12-19)18-8-10-30(11-9-18)22-14-32-15-23(22)31/h5-7,12-13,18,22-23,31H,8-11,14-15H2,1-4H3,(H,27,28)/b25-5-. The zero-order valence-electron chi connectivity index (χ0n) is 19.5. The molecule has 0 saturated carbocycles. The van der Waals surface area contributed by atoms with E-state index in [1.807, 2.05) is 20.9 Å². The number of aliphatic imine (C=N–C) groups is 2. The van der Waals surface area contributed by atoms with Crippen LogP contribution in [0.4, 0.5) is 11.4 Å². The number of likely N-dealkylation sites (tertiary alicyclic amines) is 1. The van der Waals surface area contributed by atoms with Crippen molar-refractivity contribution < 1.29 is 9.84 Å². The van der Waals surface area contributed by atoms with Crippen LogP contribution in [0.15, 0.2) is 34.4 Å². The molecule has 0 radical (unpaired) electrons. The molecule has 32 heavy (non-hydrogen) atoms. The van der Waals surface area contributed by atoms with Crippen molar-refractivity contribution in [2.24, 2.45) is 17.0 Å². The first-order valence-electron chi connectivity index (χ1n) is 11.4. The van der Waals surface area contributed by atoms with E-state index < -0.39 is 0 Å². The number of aryl methyl sites for hydroxylation is 2. The van der Waals surface area contributed by atoms with Crippen LogP contribution in [0.1, 0.15) is 42.5 Å². The van der Waals surface area contributed by atoms with E-state index in [4.69, 9.17) is 4.74 Å². The fraction of sp³-hybridized carbons (Fsp3) is 0.542. The Kier molecular flexibility index (Phi) is 7.03. The van der Waals surface area contributed by atoms with Crippen molar-refractivity contribution in [2.75, 3.05) is 31.6 Å². The van der Waals surface area contributed by atoms with Crippen LogP contribution in [0.25, 0.3) is 0 Å². The summed E-state index contributed by atoms with van der Waals surface area (Å²) in [5.74, 6) is 1.05. The lowest BCUT2D eigenvalue weighted by molar-refractivity contribution is 0.0663. The lowest BCUT2D eigenvalue weighted by atomic mass is 9.86. The quantitative estimate of drug-likeness (QED) is 0.566. The summed E-state index contributed by atoms with van der Waals surface area (Å²) >= 11 is 0. The molecule has 0 spiro atoms. The van der Waals surface area contributed by atoms with Gasteiger partial charge in [-0.05, 0) is 75.9 Å². The Morgan fingerprint density at radius 2 is 2.03 bits per heavy atom. The Balaban J connectivity index is 1.48. The number of nitrogens with zero attached hydrogens (tertiary/aromatic N) is 5. The van der Waals surface area contributed by atoms with E-state index in [0.29, 0.717) is 25.1 Å². The van der Waals surface area contributed by atoms with Crippen molar-refractivity contribution >= 4 is 23.5 Å². The molecule has 2 atom stereocenters. The molecule has 2 saturated heterocycles. The summed E-state index contributed by atoms with van der Waals surface area (Å²) in [4.78, 5) is 11.5. The van der Waals surface area contributed by atoms with Gasteiger partial charge >= 0.3 is 0 Å². The monoisotopic (exact) mass is 438 g/mol. The summed E-state index contributed by atoms with van der Waals surface area (Å²) in [7, 11) is 1.91. The zero-order chi connectivity index (χ0) is 22.7. The molecular weight excluding hydrogens is 404 g/mol. The highest BCUT2D eigenvalue weighted by molar-refractivity contribution is 5.99. The molecule has 2 N–H and O–H groups in total. The van der Waals surface area contributed by atoms with Crippen LogP contribution in [0.2, 0.25) is 0 Å². The fourth-order valence-corrected chi connectivity index (χ4v) is 4.63. The van der Waals surface area contributed by atoms with Gasteiger partial charge < -0.3 is 15.2 Å². The van der Waals surface area contributed by atoms with Gasteiger partial charge in [0.25, 0.3) is 0 Å². The summed E-state index contributed by atoms with van der Waals surface area (Å²) < 4.78 is 7.25. The number of guanidine groups is 1. The number of rotatable bonds is 4. The molecule has 0 bridgehead atoms. The van der Waals surface area contributed by atoms with Gasteiger partial charge in [-0.1, -0.05) is 6.07 Å². The topological polar surface area (TPSA) is 87.3 Å². The van der Waals surface area contributed by atoms with Crippen molar-refractivity contribution in [3.05, 3.63) is 41.2 Å². The molecule has 8 heteroatoms. The Morgan fingerprint density at radius 3 is 2.66 bits per heavy atom. The van der Waals surface area contributed by atoms with Crippen molar-refractivity contribution in [1.82, 2.24) is 14.7 Å². The predicted octanol–water partition coefficient (Wildman–Crippen LogP) is 3.17. The Bertz CT molecular complexity index is 990. The molecule has 2 aliphatic rings. The molecule has 2 fully saturated rings. The molecule has 2 unspecified atom stereocenters. The lowest BCUT2D eigenvalue weighted by Crippen LogP contribution is -2.46. The van der Waals surface area contributed by atoms with Gasteiger partial charge in [-0.3, -0.25) is 9.58 Å². The van der Waals surface area contributed by atoms with Crippen LogP contribution in [0.5, 0.6) is 0 Å². The van der Waals surface area contributed by atoms with Gasteiger partial charge in [-0.15, -0.1) is 0 Å². The number of aliphatic hydroxyl groups excluding tert-OH is 1. The summed E-state index contributed by atoms with van der Waals surface area (Å²) in [6, 6.07) is 6.63. The number of aliphatic hydroxyl groups is 1. The average Bonchev–Trinajstić information content (AvgIpc) is 3.36. The van der Waals surface area contributed by atoms with Crippen molar-refractivity contribution in [2.45, 2.75) is 51.7 Å². The molecule has 0 amide bonds. The first-order chi connectivity index (χ1) is 15.5. The molecule has 0 aliphatic carbocycles. The summed E-state index contributed by atoms with van der Waals surface area (Å²) in [5, 5.41) is 17.8. The van der Waals surface area contributed by atoms with E-state index in [1.54, 1.807) is 17.1 Å². The van der Waals surface area contributed by atoms with Gasteiger partial charge in [0.15, 0.2) is 0 Å². The maximum atomic E-state index is 10.2. The smallest absolute Gasteiger partial charge is 0.227 e. The molecule has 4 rings (SSSR count). The first-order valence-corrected chi connectivity index (χ1v) is 11.4. The predicted molar refractivity (Wildman–Crippen MR) is 128 cm³/mol. The van der Waals surface area contributed by atoms with Crippen LogP contribution in [0, 0.1) is 13.8 Å². The van der Waals surface area contributed by atoms with Gasteiger partial charge in [0.05, 0.1) is 37.3 Å². The molecular formula is C24H34N6O2. The third-order valence-electron chi connectivity index (χ3n) is 6.68. The van der Waals surface area contributed by atoms with Crippen molar-refractivity contribution in [1.29, 1.82) is 0 Å². The van der Waals surface area contributed by atoms with E-state index >= 15 is 0 Å². The molecule has 172 valence electrons. The van der Waals surface area contributed by atoms with Crippen LogP contribution in [0.3, 0.4) is 0 Å². The molecule has 2 aromatic rings. The molecule has 3 heterocycles. The van der Waals surface area contributed by atoms with Gasteiger partial charge in [0, 0.05) is 18.9 Å². The van der Waals surface area contributed by atoms with Gasteiger partial charge in [-0.2, -0.15) is 5.10 Å². The number of anilines is 1. The number of ether oxygens (including phenoxy) is 1. The van der Waals surface area contributed by atoms with Crippen molar-refractivity contribution in [3.63, 3.8) is 0 Å². The fourth-order valence-electron chi connectivity index (χ4n) is 4.63. The summed E-state index contributed by atoms with van der Waals surface area (Å²) in [6.45, 7) is 9.12. The highest BCUT2D eigenvalue weighted by Crippen LogP contribution is 2.33. The zero-order valence-corrected chi connectivity index (χ0v) is 19.5. The van der Waals surface area contributed by atoms with E-state index in [-0.39, 0.29) is 12.1 Å². The number of benzene rings is 1. The lowest BCUT2D eigenvalue weighted by Gasteiger charge is -2.37. The minimum absolute atomic E-state index is 0.145. The van der Waals surface area contributed by atoms with Crippen LogP contribution in [-0.2, 0) is 11.8 Å². The van der Waals surface area contributed by atoms with E-state index in [0.717, 1.165) is 43.0 Å². The minimum Gasteiger partial charge on any atom is -0.389 e. The van der Waals surface area contributed by atoms with Crippen LogP contribution in [-0.4, -0.2) is 70.4 Å². The molecule has 1 aromatic carbocycles. The molecule has 2 aliphatic heterocycles. The number of nitrogens with one attached hydrogen (secondary N) is 1. The Labute approximate surface area is 190 Å². The Morgan fingerprint density at radius 1 is 1.25 bits per heavy atom. The second-order valence-electron chi connectivity index (χ2n) is 8.74. The second kappa shape index (κ2) is 9.94. The van der Waals surface area contributed by atoms with Gasteiger partial charge in [0.1, 0.15) is 5.69 Å². The highest BCUT2D eigenvalue weighted by Gasteiger charge is 2.34. The first kappa shape index (κ1) is 22.6. The second-order valence-corrected chi connectivity index (χ2v) is 8.74. The molecule has 1 aromatic heterocycles. The van der Waals surface area contributed by atoms with Gasteiger partial charge in [0.2, 0.25) is 5.96 Å². The number of aromatic nitrogens is 2. The van der Waals surface area contributed by atoms with Crippen LogP contribution >= 0.6 is 0 Å². The van der Waals surface area contributed by atoms with E-state index in [9.17, 15) is 5.11 Å². The van der Waals surface area contributed by atoms with E-state index in [2.05, 4.69) is 50.4 Å². The Hall–Kier alpha value is -2.55. The SMILES string of the molecule is C/C=N\C(=Nc1cnn(C)c1C)Nc1ccc(C)c(C2CCN(C3COCC3O)CC2)c1. The molecule has 8 nitrogen and oxygen atoms in total. The maximum absolute atomic E-state index is 10.2. The van der Waals surface area contributed by atoms with Crippen LogP contribution < -0.4 is 5.32 Å². The van der Waals surface area contributed by atoms with Crippen molar-refractivity contribution in [3.8, 4) is 0 Å². The normalized spacial score (nSPS) is 23.3. The summed E-state index contributed by atoms with van der Waals surface area (Å²) in [5.41, 5.74) is 5.45. The number of hydrogen-bond acceptors (Lipinski definition) is 5. The number of hydrogen-bond donors (Lipinski definition) is 2. The van der Waals surface area contributed by atoms with E-state index in [1.165, 1.54) is 11.1 Å².